The molecule has 0 saturated carbocycles. The van der Waals surface area contributed by atoms with Gasteiger partial charge >= 0.3 is 6.09 Å². The van der Waals surface area contributed by atoms with Gasteiger partial charge in [0, 0.05) is 41.1 Å². The number of aliphatic hydroxyl groups is 1. The van der Waals surface area contributed by atoms with Gasteiger partial charge in [-0.2, -0.15) is 0 Å². The van der Waals surface area contributed by atoms with Crippen LogP contribution in [0.2, 0.25) is 5.02 Å². The number of benzene rings is 2. The van der Waals surface area contributed by atoms with E-state index in [1.165, 1.54) is 0 Å². The topological polar surface area (TPSA) is 121 Å². The molecule has 9 nitrogen and oxygen atoms in total. The molecular weight excluding hydrogens is 506 g/mol. The summed E-state index contributed by atoms with van der Waals surface area (Å²) in [5.74, 6) is 0.601. The van der Waals surface area contributed by atoms with Gasteiger partial charge in [0.1, 0.15) is 11.8 Å². The number of sulfonamides is 1. The Bertz CT molecular complexity index is 1330. The van der Waals surface area contributed by atoms with Gasteiger partial charge in [0.05, 0.1) is 25.6 Å². The molecule has 3 N–H and O–H groups in total. The van der Waals surface area contributed by atoms with Crippen molar-refractivity contribution in [1.82, 2.24) is 14.6 Å². The highest BCUT2D eigenvalue weighted by Gasteiger charge is 2.35. The molecule has 1 amide bonds. The molecule has 2 unspecified atom stereocenters. The molecule has 1 aromatic heterocycles. The third kappa shape index (κ3) is 6.12. The summed E-state index contributed by atoms with van der Waals surface area (Å²) in [6.07, 6.45) is 0.768. The maximum absolute atomic E-state index is 12.8. The molecular formula is C25H30ClN3O6S. The number of carbonyl (C=O) groups excluding carboxylic acids is 1. The van der Waals surface area contributed by atoms with Crippen molar-refractivity contribution in [1.29, 1.82) is 0 Å². The number of hydrogen-bond donors (Lipinski definition) is 3. The van der Waals surface area contributed by atoms with Crippen LogP contribution in [0.5, 0.6) is 5.75 Å². The molecule has 0 saturated heterocycles. The van der Waals surface area contributed by atoms with Crippen LogP contribution < -0.4 is 9.46 Å². The zero-order valence-corrected chi connectivity index (χ0v) is 21.7. The Labute approximate surface area is 215 Å². The third-order valence-corrected chi connectivity index (χ3v) is 7.01. The van der Waals surface area contributed by atoms with Crippen LogP contribution in [-0.4, -0.2) is 68.2 Å². The molecule has 0 spiro atoms. The van der Waals surface area contributed by atoms with Gasteiger partial charge in [-0.15, -0.1) is 0 Å². The number of rotatable bonds is 9. The number of aromatic nitrogens is 1. The number of nitrogens with zero attached hydrogens (tertiary/aromatic N) is 1. The van der Waals surface area contributed by atoms with E-state index in [2.05, 4.69) is 9.71 Å². The van der Waals surface area contributed by atoms with E-state index in [0.717, 1.165) is 34.0 Å². The van der Waals surface area contributed by atoms with E-state index in [1.807, 2.05) is 42.5 Å². The van der Waals surface area contributed by atoms with Crippen LogP contribution in [0.1, 0.15) is 36.2 Å². The SMILES string of the molecule is CCOC(=O)N1CCc2c([nH]c3ccc(Cl)cc23)C1c1ccc(OCCC(O)CNS(C)(=O)=O)cc1. The number of amides is 1. The number of aromatic amines is 1. The number of fused-ring (bicyclic) bond motifs is 3. The lowest BCUT2D eigenvalue weighted by atomic mass is 9.92. The molecule has 1 aliphatic rings. The fourth-order valence-electron chi connectivity index (χ4n) is 4.42. The Morgan fingerprint density at radius 2 is 2.03 bits per heavy atom. The van der Waals surface area contributed by atoms with Crippen molar-refractivity contribution in [2.24, 2.45) is 0 Å². The summed E-state index contributed by atoms with van der Waals surface area (Å²) in [6.45, 7) is 2.73. The van der Waals surface area contributed by atoms with Crippen molar-refractivity contribution in [3.63, 3.8) is 0 Å². The Morgan fingerprint density at radius 1 is 1.28 bits per heavy atom. The van der Waals surface area contributed by atoms with E-state index >= 15 is 0 Å². The van der Waals surface area contributed by atoms with E-state index in [4.69, 9.17) is 21.1 Å². The highest BCUT2D eigenvalue weighted by Crippen LogP contribution is 2.39. The summed E-state index contributed by atoms with van der Waals surface area (Å²) in [6, 6.07) is 12.8. The van der Waals surface area contributed by atoms with Crippen LogP contribution in [-0.2, 0) is 21.2 Å². The largest absolute Gasteiger partial charge is 0.493 e. The first-order chi connectivity index (χ1) is 17.2. The second-order valence-corrected chi connectivity index (χ2v) is 11.0. The lowest BCUT2D eigenvalue weighted by Gasteiger charge is -2.35. The maximum Gasteiger partial charge on any atom is 0.410 e. The predicted octanol–water partition coefficient (Wildman–Crippen LogP) is 3.60. The standard InChI is InChI=1S/C25H30ClN3O6S/c1-3-34-25(31)29-12-10-20-21-14-17(26)6-9-22(21)28-23(20)24(29)16-4-7-19(8-5-16)35-13-11-18(30)15-27-36(2,32)33/h4-9,14,18,24,27-28,30H,3,10-13,15H2,1-2H3. The van der Waals surface area contributed by atoms with Crippen molar-refractivity contribution in [2.45, 2.75) is 31.9 Å². The van der Waals surface area contributed by atoms with Gasteiger partial charge in [0.15, 0.2) is 0 Å². The molecule has 2 aromatic carbocycles. The first-order valence-corrected chi connectivity index (χ1v) is 14.0. The normalized spacial score (nSPS) is 16.6. The van der Waals surface area contributed by atoms with E-state index < -0.39 is 16.1 Å². The van der Waals surface area contributed by atoms with E-state index in [1.54, 1.807) is 11.8 Å². The van der Waals surface area contributed by atoms with Crippen LogP contribution in [0.25, 0.3) is 10.9 Å². The molecule has 194 valence electrons. The van der Waals surface area contributed by atoms with Gasteiger partial charge in [-0.3, -0.25) is 4.90 Å². The fourth-order valence-corrected chi connectivity index (χ4v) is 5.09. The van der Waals surface area contributed by atoms with Gasteiger partial charge in [-0.05, 0) is 54.8 Å². The number of nitrogens with one attached hydrogen (secondary N) is 2. The first-order valence-electron chi connectivity index (χ1n) is 11.7. The number of halogens is 1. The minimum atomic E-state index is -3.36. The molecule has 0 aliphatic carbocycles. The average molecular weight is 536 g/mol. The zero-order chi connectivity index (χ0) is 25.9. The molecule has 1 aliphatic heterocycles. The number of H-pyrrole nitrogens is 1. The van der Waals surface area contributed by atoms with E-state index in [0.29, 0.717) is 23.7 Å². The predicted molar refractivity (Wildman–Crippen MR) is 138 cm³/mol. The van der Waals surface area contributed by atoms with Gasteiger partial charge < -0.3 is 19.6 Å². The second-order valence-electron chi connectivity index (χ2n) is 8.73. The quantitative estimate of drug-likeness (QED) is 0.385. The number of ether oxygens (including phenoxy) is 2. The summed E-state index contributed by atoms with van der Waals surface area (Å²) in [5.41, 5.74) is 3.92. The summed E-state index contributed by atoms with van der Waals surface area (Å²) in [7, 11) is -3.36. The Morgan fingerprint density at radius 3 is 2.72 bits per heavy atom. The van der Waals surface area contributed by atoms with Crippen molar-refractivity contribution < 1.29 is 27.8 Å². The lowest BCUT2D eigenvalue weighted by Crippen LogP contribution is -2.40. The number of hydrogen-bond acceptors (Lipinski definition) is 6. The monoisotopic (exact) mass is 535 g/mol. The first kappa shape index (κ1) is 26.3. The van der Waals surface area contributed by atoms with Gasteiger partial charge in [-0.1, -0.05) is 23.7 Å². The van der Waals surface area contributed by atoms with Gasteiger partial charge in [-0.25, -0.2) is 17.9 Å². The van der Waals surface area contributed by atoms with Crippen molar-refractivity contribution >= 4 is 38.6 Å². The summed E-state index contributed by atoms with van der Waals surface area (Å²) in [5, 5.41) is 11.6. The molecule has 3 aromatic rings. The second kappa shape index (κ2) is 11.1. The smallest absolute Gasteiger partial charge is 0.410 e. The van der Waals surface area contributed by atoms with Crippen LogP contribution in [0, 0.1) is 0 Å². The van der Waals surface area contributed by atoms with E-state index in [9.17, 15) is 18.3 Å². The highest BCUT2D eigenvalue weighted by atomic mass is 35.5. The molecule has 0 fully saturated rings. The van der Waals surface area contributed by atoms with Crippen molar-refractivity contribution in [2.75, 3.05) is 32.6 Å². The maximum atomic E-state index is 12.8. The van der Waals surface area contributed by atoms with Gasteiger partial charge in [0.25, 0.3) is 0 Å². The lowest BCUT2D eigenvalue weighted by molar-refractivity contribution is 0.0932. The minimum absolute atomic E-state index is 0.0649. The molecule has 36 heavy (non-hydrogen) atoms. The van der Waals surface area contributed by atoms with Crippen molar-refractivity contribution in [3.05, 3.63) is 64.3 Å². The molecule has 11 heteroatoms. The van der Waals surface area contributed by atoms with Crippen molar-refractivity contribution in [3.8, 4) is 5.75 Å². The Balaban J connectivity index is 1.52. The summed E-state index contributed by atoms with van der Waals surface area (Å²) < 4.78 is 35.6. The third-order valence-electron chi connectivity index (χ3n) is 6.09. The fraction of sp³-hybridized carbons (Fsp3) is 0.400. The zero-order valence-electron chi connectivity index (χ0n) is 20.2. The number of aliphatic hydroxyl groups excluding tert-OH is 1. The number of carbonyl (C=O) groups is 1. The van der Waals surface area contributed by atoms with Crippen LogP contribution in [0.3, 0.4) is 0 Å². The highest BCUT2D eigenvalue weighted by molar-refractivity contribution is 7.88. The van der Waals surface area contributed by atoms with E-state index in [-0.39, 0.29) is 38.3 Å². The molecule has 2 heterocycles. The molecule has 2 atom stereocenters. The van der Waals surface area contributed by atoms with Crippen LogP contribution in [0.15, 0.2) is 42.5 Å². The summed E-state index contributed by atoms with van der Waals surface area (Å²) >= 11 is 6.25. The molecule has 0 radical (unpaired) electrons. The molecule has 0 bridgehead atoms. The average Bonchev–Trinajstić information content (AvgIpc) is 3.20. The van der Waals surface area contributed by atoms with Crippen LogP contribution >= 0.6 is 11.6 Å². The van der Waals surface area contributed by atoms with Crippen LogP contribution in [0.4, 0.5) is 4.79 Å². The minimum Gasteiger partial charge on any atom is -0.493 e. The Hall–Kier alpha value is -2.79. The summed E-state index contributed by atoms with van der Waals surface area (Å²) in [4.78, 5) is 18.0. The van der Waals surface area contributed by atoms with Gasteiger partial charge in [0.2, 0.25) is 10.0 Å². The Kier molecular flexibility index (Phi) is 8.09. The molecule has 4 rings (SSSR count).